The molecule has 0 radical (unpaired) electrons. The van der Waals surface area contributed by atoms with Crippen LogP contribution in [0.4, 0.5) is 4.39 Å². The average Bonchev–Trinajstić information content (AvgIpc) is 3.31. The quantitative estimate of drug-likeness (QED) is 0.708. The van der Waals surface area contributed by atoms with E-state index in [4.69, 9.17) is 4.74 Å². The van der Waals surface area contributed by atoms with E-state index in [-0.39, 0.29) is 23.7 Å². The fourth-order valence-electron chi connectivity index (χ4n) is 3.33. The van der Waals surface area contributed by atoms with Gasteiger partial charge in [-0.25, -0.2) is 4.39 Å². The zero-order chi connectivity index (χ0) is 18.1. The van der Waals surface area contributed by atoms with Gasteiger partial charge in [0.15, 0.2) is 6.61 Å². The summed E-state index contributed by atoms with van der Waals surface area (Å²) in [5.41, 5.74) is 3.03. The van der Waals surface area contributed by atoms with Gasteiger partial charge in [-0.05, 0) is 55.7 Å². The van der Waals surface area contributed by atoms with Crippen molar-refractivity contribution in [3.05, 3.63) is 65.6 Å². The van der Waals surface area contributed by atoms with Gasteiger partial charge in [-0.2, -0.15) is 0 Å². The maximum Gasteiger partial charge on any atom is 0.257 e. The number of aromatic nitrogens is 1. The summed E-state index contributed by atoms with van der Waals surface area (Å²) in [6.45, 7) is 2.52. The molecule has 0 bridgehead atoms. The number of carbonyl (C=O) groups is 1. The third kappa shape index (κ3) is 3.29. The third-order valence-corrected chi connectivity index (χ3v) is 5.08. The number of carbonyl (C=O) groups excluding carboxylic acids is 1. The van der Waals surface area contributed by atoms with Gasteiger partial charge in [-0.3, -0.25) is 4.79 Å². The second-order valence-corrected chi connectivity index (χ2v) is 7.05. The molecule has 0 atom stereocenters. The lowest BCUT2D eigenvalue weighted by molar-refractivity contribution is -0.123. The summed E-state index contributed by atoms with van der Waals surface area (Å²) in [5.74, 6) is 0.284. The van der Waals surface area contributed by atoms with Crippen molar-refractivity contribution in [1.29, 1.82) is 0 Å². The van der Waals surface area contributed by atoms with Crippen molar-refractivity contribution in [3.63, 3.8) is 0 Å². The van der Waals surface area contributed by atoms with Crippen LogP contribution in [0.3, 0.4) is 0 Å². The first kappa shape index (κ1) is 16.6. The molecular weight excluding hydrogens is 331 g/mol. The molecule has 1 fully saturated rings. The average molecular weight is 352 g/mol. The van der Waals surface area contributed by atoms with Crippen molar-refractivity contribution in [2.75, 3.05) is 13.2 Å². The molecule has 4 rings (SSSR count). The Morgan fingerprint density at radius 1 is 1.23 bits per heavy atom. The molecule has 1 saturated carbocycles. The highest BCUT2D eigenvalue weighted by atomic mass is 19.1. The number of ether oxygens (including phenoxy) is 1. The van der Waals surface area contributed by atoms with E-state index in [1.165, 1.54) is 6.07 Å². The van der Waals surface area contributed by atoms with E-state index in [0.717, 1.165) is 34.9 Å². The summed E-state index contributed by atoms with van der Waals surface area (Å²) >= 11 is 0. The smallest absolute Gasteiger partial charge is 0.257 e. The highest BCUT2D eigenvalue weighted by Gasteiger charge is 2.45. The number of nitrogens with one attached hydrogen (secondary N) is 2. The summed E-state index contributed by atoms with van der Waals surface area (Å²) in [6, 6.07) is 12.4. The Morgan fingerprint density at radius 3 is 2.73 bits per heavy atom. The zero-order valence-electron chi connectivity index (χ0n) is 14.6. The Balaban J connectivity index is 1.38. The monoisotopic (exact) mass is 352 g/mol. The minimum Gasteiger partial charge on any atom is -0.484 e. The van der Waals surface area contributed by atoms with Crippen LogP contribution in [0.15, 0.2) is 48.7 Å². The summed E-state index contributed by atoms with van der Waals surface area (Å²) in [5, 5.41) is 3.86. The van der Waals surface area contributed by atoms with Crippen LogP contribution in [0, 0.1) is 12.7 Å². The van der Waals surface area contributed by atoms with Crippen molar-refractivity contribution in [3.8, 4) is 5.75 Å². The van der Waals surface area contributed by atoms with E-state index in [0.29, 0.717) is 12.3 Å². The van der Waals surface area contributed by atoms with Gasteiger partial charge in [0.2, 0.25) is 0 Å². The summed E-state index contributed by atoms with van der Waals surface area (Å²) < 4.78 is 19.1. The molecule has 1 heterocycles. The van der Waals surface area contributed by atoms with Gasteiger partial charge < -0.3 is 15.0 Å². The number of benzene rings is 2. The Morgan fingerprint density at radius 2 is 2.00 bits per heavy atom. The van der Waals surface area contributed by atoms with Gasteiger partial charge in [0.05, 0.1) is 0 Å². The van der Waals surface area contributed by atoms with Crippen LogP contribution in [0.1, 0.15) is 24.0 Å². The maximum atomic E-state index is 13.6. The molecule has 2 N–H and O–H groups in total. The standard InChI is InChI=1S/C21H21FN2O2/c1-14-2-5-16(6-3-14)26-12-20(25)24-13-21(8-9-21)18-11-23-19-7-4-15(22)10-17(18)19/h2-7,10-11,23H,8-9,12-13H2,1H3,(H,24,25). The number of hydrogen-bond donors (Lipinski definition) is 2. The summed E-state index contributed by atoms with van der Waals surface area (Å²) in [6.07, 6.45) is 3.90. The molecule has 134 valence electrons. The van der Waals surface area contributed by atoms with Crippen molar-refractivity contribution < 1.29 is 13.9 Å². The van der Waals surface area contributed by atoms with Crippen LogP contribution in [-0.4, -0.2) is 24.0 Å². The molecule has 4 nitrogen and oxygen atoms in total. The minimum atomic E-state index is -0.246. The first-order valence-electron chi connectivity index (χ1n) is 8.79. The van der Waals surface area contributed by atoms with Gasteiger partial charge in [0.1, 0.15) is 11.6 Å². The van der Waals surface area contributed by atoms with E-state index < -0.39 is 0 Å². The van der Waals surface area contributed by atoms with Crippen molar-refractivity contribution in [2.24, 2.45) is 0 Å². The van der Waals surface area contributed by atoms with Crippen LogP contribution >= 0.6 is 0 Å². The van der Waals surface area contributed by atoms with Gasteiger partial charge in [0.25, 0.3) is 5.91 Å². The first-order chi connectivity index (χ1) is 12.6. The van der Waals surface area contributed by atoms with E-state index in [2.05, 4.69) is 10.3 Å². The number of H-pyrrole nitrogens is 1. The maximum absolute atomic E-state index is 13.6. The van der Waals surface area contributed by atoms with E-state index in [1.54, 1.807) is 12.1 Å². The summed E-state index contributed by atoms with van der Waals surface area (Å²) in [7, 11) is 0. The van der Waals surface area contributed by atoms with Gasteiger partial charge in [0, 0.05) is 29.1 Å². The molecule has 2 aromatic carbocycles. The zero-order valence-corrected chi connectivity index (χ0v) is 14.6. The summed E-state index contributed by atoms with van der Waals surface area (Å²) in [4.78, 5) is 15.3. The Kier molecular flexibility index (Phi) is 4.15. The number of rotatable bonds is 6. The first-order valence-corrected chi connectivity index (χ1v) is 8.79. The van der Waals surface area contributed by atoms with Gasteiger partial charge in [-0.15, -0.1) is 0 Å². The molecule has 3 aromatic rings. The number of amides is 1. The largest absolute Gasteiger partial charge is 0.484 e. The molecule has 0 aliphatic heterocycles. The Bertz CT molecular complexity index is 942. The SMILES string of the molecule is Cc1ccc(OCC(=O)NCC2(c3c[nH]c4ccc(F)cc34)CC2)cc1. The Hall–Kier alpha value is -2.82. The molecule has 0 saturated heterocycles. The molecule has 0 unspecified atom stereocenters. The fourth-order valence-corrected chi connectivity index (χ4v) is 3.33. The third-order valence-electron chi connectivity index (χ3n) is 5.08. The van der Waals surface area contributed by atoms with Crippen LogP contribution < -0.4 is 10.1 Å². The molecule has 0 spiro atoms. The lowest BCUT2D eigenvalue weighted by Crippen LogP contribution is -2.35. The molecule has 26 heavy (non-hydrogen) atoms. The number of aromatic amines is 1. The molecular formula is C21H21FN2O2. The van der Waals surface area contributed by atoms with Crippen LogP contribution in [0.5, 0.6) is 5.75 Å². The number of hydrogen-bond acceptors (Lipinski definition) is 2. The second-order valence-electron chi connectivity index (χ2n) is 7.05. The van der Waals surface area contributed by atoms with Crippen molar-refractivity contribution in [2.45, 2.75) is 25.2 Å². The predicted octanol–water partition coefficient (Wildman–Crippen LogP) is 3.84. The number of halogens is 1. The number of aryl methyl sites for hydroxylation is 1. The molecule has 5 heteroatoms. The molecule has 1 aromatic heterocycles. The van der Waals surface area contributed by atoms with Crippen molar-refractivity contribution in [1.82, 2.24) is 10.3 Å². The Labute approximate surface area is 151 Å². The normalized spacial score (nSPS) is 15.0. The molecule has 1 aliphatic rings. The molecule has 1 aliphatic carbocycles. The van der Waals surface area contributed by atoms with Crippen LogP contribution in [-0.2, 0) is 10.2 Å². The highest BCUT2D eigenvalue weighted by molar-refractivity contribution is 5.85. The van der Waals surface area contributed by atoms with E-state index in [9.17, 15) is 9.18 Å². The van der Waals surface area contributed by atoms with Gasteiger partial charge >= 0.3 is 0 Å². The van der Waals surface area contributed by atoms with Crippen LogP contribution in [0.25, 0.3) is 10.9 Å². The van der Waals surface area contributed by atoms with E-state index in [1.807, 2.05) is 37.4 Å². The van der Waals surface area contributed by atoms with Crippen LogP contribution in [0.2, 0.25) is 0 Å². The lowest BCUT2D eigenvalue weighted by Gasteiger charge is -2.16. The fraction of sp³-hybridized carbons (Fsp3) is 0.286. The molecule has 1 amide bonds. The predicted molar refractivity (Wildman–Crippen MR) is 98.9 cm³/mol. The van der Waals surface area contributed by atoms with Crippen molar-refractivity contribution >= 4 is 16.8 Å². The lowest BCUT2D eigenvalue weighted by atomic mass is 9.95. The minimum absolute atomic E-state index is 0.0122. The highest BCUT2D eigenvalue weighted by Crippen LogP contribution is 2.50. The second kappa shape index (κ2) is 6.48. The van der Waals surface area contributed by atoms with Gasteiger partial charge in [-0.1, -0.05) is 17.7 Å². The topological polar surface area (TPSA) is 54.1 Å². The van der Waals surface area contributed by atoms with E-state index >= 15 is 0 Å². The number of fused-ring (bicyclic) bond motifs is 1.